The number of carbonyl (C=O) groups excluding carboxylic acids is 1. The summed E-state index contributed by atoms with van der Waals surface area (Å²) in [5.74, 6) is 0.00588. The first-order valence-corrected chi connectivity index (χ1v) is 10.6. The van der Waals surface area contributed by atoms with Gasteiger partial charge in [0.2, 0.25) is 0 Å². The Morgan fingerprint density at radius 1 is 1.04 bits per heavy atom. The molecule has 4 rings (SSSR count). The van der Waals surface area contributed by atoms with E-state index in [-0.39, 0.29) is 12.0 Å². The molecular weight excluding hydrogens is 420 g/mol. The molecule has 28 heavy (non-hydrogen) atoms. The second-order valence-electron chi connectivity index (χ2n) is 7.17. The third kappa shape index (κ3) is 4.57. The van der Waals surface area contributed by atoms with Crippen LogP contribution in [0, 0.1) is 0 Å². The highest BCUT2D eigenvalue weighted by Crippen LogP contribution is 2.24. The van der Waals surface area contributed by atoms with E-state index in [0.29, 0.717) is 12.1 Å². The molecule has 0 unspecified atom stereocenters. The molecule has 2 aromatic rings. The number of rotatable bonds is 5. The highest BCUT2D eigenvalue weighted by atomic mass is 79.9. The van der Waals surface area contributed by atoms with Crippen molar-refractivity contribution < 1.29 is 14.3 Å². The molecule has 0 saturated carbocycles. The lowest BCUT2D eigenvalue weighted by atomic mass is 10.1. The summed E-state index contributed by atoms with van der Waals surface area (Å²) in [4.78, 5) is 17.5. The van der Waals surface area contributed by atoms with Gasteiger partial charge < -0.3 is 19.3 Å². The van der Waals surface area contributed by atoms with Crippen molar-refractivity contribution in [3.05, 3.63) is 58.6 Å². The number of ether oxygens (including phenoxy) is 2. The smallest absolute Gasteiger partial charge is 0.258 e. The van der Waals surface area contributed by atoms with Gasteiger partial charge in [0, 0.05) is 41.1 Å². The Bertz CT molecular complexity index is 782. The van der Waals surface area contributed by atoms with Crippen LogP contribution in [-0.2, 0) is 9.47 Å². The van der Waals surface area contributed by atoms with Gasteiger partial charge in [-0.05, 0) is 61.4 Å². The van der Waals surface area contributed by atoms with Crippen molar-refractivity contribution in [3.63, 3.8) is 0 Å². The van der Waals surface area contributed by atoms with Crippen LogP contribution in [-0.4, -0.2) is 51.5 Å². The van der Waals surface area contributed by atoms with E-state index in [9.17, 15) is 4.79 Å². The topological polar surface area (TPSA) is 42.0 Å². The van der Waals surface area contributed by atoms with Crippen molar-refractivity contribution in [1.82, 2.24) is 0 Å². The summed E-state index contributed by atoms with van der Waals surface area (Å²) in [5, 5.41) is 0. The zero-order valence-electron chi connectivity index (χ0n) is 15.9. The Balaban J connectivity index is 1.54. The first-order chi connectivity index (χ1) is 13.7. The van der Waals surface area contributed by atoms with Gasteiger partial charge in [-0.15, -0.1) is 0 Å². The largest absolute Gasteiger partial charge is 0.378 e. The minimum Gasteiger partial charge on any atom is -0.378 e. The summed E-state index contributed by atoms with van der Waals surface area (Å²) in [5.41, 5.74) is 2.72. The van der Waals surface area contributed by atoms with Gasteiger partial charge in [0.15, 0.2) is 0 Å². The minimum absolute atomic E-state index is 0.00588. The summed E-state index contributed by atoms with van der Waals surface area (Å²) in [6.45, 7) is 4.63. The maximum atomic E-state index is 13.3. The lowest BCUT2D eigenvalue weighted by Gasteiger charge is -2.29. The molecular formula is C22H25BrN2O3. The maximum absolute atomic E-state index is 13.3. The summed E-state index contributed by atoms with van der Waals surface area (Å²) in [6, 6.07) is 15.8. The normalized spacial score (nSPS) is 19.6. The fourth-order valence-corrected chi connectivity index (χ4v) is 3.98. The zero-order chi connectivity index (χ0) is 19.3. The molecule has 5 nitrogen and oxygen atoms in total. The summed E-state index contributed by atoms with van der Waals surface area (Å²) in [7, 11) is 0. The van der Waals surface area contributed by atoms with Gasteiger partial charge in [-0.3, -0.25) is 4.79 Å². The second kappa shape index (κ2) is 9.07. The molecule has 2 heterocycles. The molecule has 0 aromatic heterocycles. The molecule has 1 atom stereocenters. The van der Waals surface area contributed by atoms with Crippen LogP contribution in [0.4, 0.5) is 11.4 Å². The van der Waals surface area contributed by atoms with E-state index in [1.54, 1.807) is 0 Å². The van der Waals surface area contributed by atoms with E-state index in [1.165, 1.54) is 0 Å². The number of benzene rings is 2. The van der Waals surface area contributed by atoms with Gasteiger partial charge in [0.1, 0.15) is 0 Å². The number of amides is 1. The molecule has 2 fully saturated rings. The molecule has 0 bridgehead atoms. The summed E-state index contributed by atoms with van der Waals surface area (Å²) in [6.07, 6.45) is 2.15. The molecule has 148 valence electrons. The van der Waals surface area contributed by atoms with Crippen LogP contribution in [0.5, 0.6) is 0 Å². The van der Waals surface area contributed by atoms with Crippen molar-refractivity contribution >= 4 is 33.2 Å². The van der Waals surface area contributed by atoms with E-state index < -0.39 is 0 Å². The molecule has 6 heteroatoms. The monoisotopic (exact) mass is 444 g/mol. The number of anilines is 2. The van der Waals surface area contributed by atoms with E-state index in [1.807, 2.05) is 53.4 Å². The lowest BCUT2D eigenvalue weighted by Crippen LogP contribution is -2.38. The molecule has 0 aliphatic carbocycles. The van der Waals surface area contributed by atoms with Crippen LogP contribution >= 0.6 is 15.9 Å². The SMILES string of the molecule is O=C(c1ccc(N2CCOCC2)cc1)N(C[C@H]1CCCO1)c1ccc(Br)cc1. The van der Waals surface area contributed by atoms with Gasteiger partial charge in [0.25, 0.3) is 5.91 Å². The molecule has 2 aliphatic rings. The first kappa shape index (κ1) is 19.4. The Kier molecular flexibility index (Phi) is 6.29. The fourth-order valence-electron chi connectivity index (χ4n) is 3.71. The van der Waals surface area contributed by atoms with E-state index >= 15 is 0 Å². The van der Waals surface area contributed by atoms with E-state index in [0.717, 1.165) is 61.6 Å². The summed E-state index contributed by atoms with van der Waals surface area (Å²) < 4.78 is 12.2. The van der Waals surface area contributed by atoms with Gasteiger partial charge in [-0.2, -0.15) is 0 Å². The van der Waals surface area contributed by atoms with Crippen LogP contribution in [0.2, 0.25) is 0 Å². The highest BCUT2D eigenvalue weighted by Gasteiger charge is 2.25. The van der Waals surface area contributed by atoms with Crippen molar-refractivity contribution in [2.75, 3.05) is 49.3 Å². The number of halogens is 1. The highest BCUT2D eigenvalue weighted by molar-refractivity contribution is 9.10. The molecule has 2 saturated heterocycles. The van der Waals surface area contributed by atoms with E-state index in [2.05, 4.69) is 20.8 Å². The number of carbonyl (C=O) groups is 1. The summed E-state index contributed by atoms with van der Waals surface area (Å²) >= 11 is 3.47. The third-order valence-corrected chi connectivity index (χ3v) is 5.81. The van der Waals surface area contributed by atoms with Crippen LogP contribution in [0.3, 0.4) is 0 Å². The van der Waals surface area contributed by atoms with Crippen molar-refractivity contribution in [1.29, 1.82) is 0 Å². The van der Waals surface area contributed by atoms with Crippen molar-refractivity contribution in [2.45, 2.75) is 18.9 Å². The Labute approximate surface area is 174 Å². The number of hydrogen-bond acceptors (Lipinski definition) is 4. The molecule has 2 aromatic carbocycles. The van der Waals surface area contributed by atoms with Gasteiger partial charge in [-0.25, -0.2) is 0 Å². The molecule has 1 amide bonds. The Morgan fingerprint density at radius 2 is 1.75 bits per heavy atom. The number of morpholine rings is 1. The molecule has 0 spiro atoms. The van der Waals surface area contributed by atoms with Gasteiger partial charge >= 0.3 is 0 Å². The van der Waals surface area contributed by atoms with Gasteiger partial charge in [-0.1, -0.05) is 15.9 Å². The molecule has 2 aliphatic heterocycles. The zero-order valence-corrected chi connectivity index (χ0v) is 17.4. The second-order valence-corrected chi connectivity index (χ2v) is 8.09. The fraction of sp³-hybridized carbons (Fsp3) is 0.409. The van der Waals surface area contributed by atoms with Crippen LogP contribution < -0.4 is 9.80 Å². The number of nitrogens with zero attached hydrogens (tertiary/aromatic N) is 2. The quantitative estimate of drug-likeness (QED) is 0.695. The third-order valence-electron chi connectivity index (χ3n) is 5.28. The average molecular weight is 445 g/mol. The molecule has 0 N–H and O–H groups in total. The number of hydrogen-bond donors (Lipinski definition) is 0. The average Bonchev–Trinajstić information content (AvgIpc) is 3.26. The van der Waals surface area contributed by atoms with Crippen LogP contribution in [0.1, 0.15) is 23.2 Å². The minimum atomic E-state index is 0.00588. The predicted molar refractivity (Wildman–Crippen MR) is 114 cm³/mol. The predicted octanol–water partition coefficient (Wildman–Crippen LogP) is 4.11. The Hall–Kier alpha value is -1.89. The first-order valence-electron chi connectivity index (χ1n) is 9.82. The van der Waals surface area contributed by atoms with Crippen LogP contribution in [0.25, 0.3) is 0 Å². The van der Waals surface area contributed by atoms with Crippen molar-refractivity contribution in [2.24, 2.45) is 0 Å². The van der Waals surface area contributed by atoms with E-state index in [4.69, 9.17) is 9.47 Å². The maximum Gasteiger partial charge on any atom is 0.258 e. The molecule has 0 radical (unpaired) electrons. The van der Waals surface area contributed by atoms with Gasteiger partial charge in [0.05, 0.1) is 25.9 Å². The Morgan fingerprint density at radius 3 is 2.39 bits per heavy atom. The standard InChI is InChI=1S/C22H25BrN2O3/c23-18-5-9-20(10-6-18)25(16-21-2-1-13-28-21)22(26)17-3-7-19(8-4-17)24-11-14-27-15-12-24/h3-10,21H,1-2,11-16H2/t21-/m1/s1. The lowest BCUT2D eigenvalue weighted by molar-refractivity contribution is 0.0917. The van der Waals surface area contributed by atoms with Crippen molar-refractivity contribution in [3.8, 4) is 0 Å². The van der Waals surface area contributed by atoms with Crippen LogP contribution in [0.15, 0.2) is 53.0 Å².